The Bertz CT molecular complexity index is 654. The van der Waals surface area contributed by atoms with Crippen LogP contribution in [0, 0.1) is 0 Å². The fraction of sp³-hybridized carbons (Fsp3) is 0.579. The van der Waals surface area contributed by atoms with Crippen molar-refractivity contribution in [2.24, 2.45) is 4.99 Å². The first-order chi connectivity index (χ1) is 13.3. The lowest BCUT2D eigenvalue weighted by Gasteiger charge is -2.32. The van der Waals surface area contributed by atoms with Crippen LogP contribution in [0.3, 0.4) is 0 Å². The quantitative estimate of drug-likeness (QED) is 0.589. The van der Waals surface area contributed by atoms with Crippen LogP contribution in [0.25, 0.3) is 0 Å². The average molecular weight is 400 g/mol. The molecule has 156 valence electrons. The van der Waals surface area contributed by atoms with E-state index in [1.54, 1.807) is 18.9 Å². The second-order valence-electron chi connectivity index (χ2n) is 6.55. The summed E-state index contributed by atoms with van der Waals surface area (Å²) in [6, 6.07) is 5.37. The van der Waals surface area contributed by atoms with Gasteiger partial charge in [-0.15, -0.1) is 0 Å². The molecule has 2 rings (SSSR count). The van der Waals surface area contributed by atoms with Gasteiger partial charge in [0.25, 0.3) is 0 Å². The number of amides is 1. The Morgan fingerprint density at radius 1 is 1.25 bits per heavy atom. The van der Waals surface area contributed by atoms with Gasteiger partial charge in [-0.05, 0) is 43.9 Å². The van der Waals surface area contributed by atoms with Gasteiger partial charge >= 0.3 is 12.3 Å². The highest BCUT2D eigenvalue weighted by molar-refractivity contribution is 5.80. The first-order valence-corrected chi connectivity index (χ1v) is 9.38. The van der Waals surface area contributed by atoms with Crippen molar-refractivity contribution < 1.29 is 22.7 Å². The first-order valence-electron chi connectivity index (χ1n) is 9.38. The van der Waals surface area contributed by atoms with Gasteiger partial charge in [-0.1, -0.05) is 12.1 Å². The summed E-state index contributed by atoms with van der Waals surface area (Å²) in [6.45, 7) is 3.95. The van der Waals surface area contributed by atoms with Gasteiger partial charge < -0.3 is 20.3 Å². The lowest BCUT2D eigenvalue weighted by molar-refractivity contribution is -0.137. The van der Waals surface area contributed by atoms with Crippen LogP contribution in [0.5, 0.6) is 0 Å². The third-order valence-electron chi connectivity index (χ3n) is 4.57. The van der Waals surface area contributed by atoms with Crippen molar-refractivity contribution >= 4 is 12.1 Å². The normalized spacial score (nSPS) is 16.0. The topological polar surface area (TPSA) is 66.0 Å². The van der Waals surface area contributed by atoms with Gasteiger partial charge in [0.2, 0.25) is 0 Å². The van der Waals surface area contributed by atoms with Crippen molar-refractivity contribution in [1.82, 2.24) is 15.5 Å². The summed E-state index contributed by atoms with van der Waals surface area (Å²) in [5, 5.41) is 6.50. The van der Waals surface area contributed by atoms with Gasteiger partial charge in [0.15, 0.2) is 5.96 Å². The summed E-state index contributed by atoms with van der Waals surface area (Å²) in [6.07, 6.45) is -2.43. The molecule has 1 aromatic rings. The number of ether oxygens (including phenoxy) is 1. The molecule has 1 fully saturated rings. The smallest absolute Gasteiger partial charge is 0.416 e. The molecule has 1 heterocycles. The van der Waals surface area contributed by atoms with Gasteiger partial charge in [0.1, 0.15) is 0 Å². The minimum atomic E-state index is -4.31. The maximum Gasteiger partial charge on any atom is 0.416 e. The number of aliphatic imine (C=N–C) groups is 1. The fourth-order valence-electron chi connectivity index (χ4n) is 2.99. The van der Waals surface area contributed by atoms with E-state index < -0.39 is 11.7 Å². The Morgan fingerprint density at radius 3 is 2.43 bits per heavy atom. The van der Waals surface area contributed by atoms with E-state index >= 15 is 0 Å². The molecule has 1 saturated heterocycles. The predicted molar refractivity (Wildman–Crippen MR) is 101 cm³/mol. The molecule has 1 amide bonds. The molecule has 28 heavy (non-hydrogen) atoms. The summed E-state index contributed by atoms with van der Waals surface area (Å²) in [7, 11) is 1.67. The Kier molecular flexibility index (Phi) is 7.95. The number of nitrogens with one attached hydrogen (secondary N) is 2. The monoisotopic (exact) mass is 400 g/mol. The summed E-state index contributed by atoms with van der Waals surface area (Å²) in [5.74, 6) is 0.640. The SMILES string of the molecule is CCOC(=O)N1CCC(NC(=NC)NCCc2ccc(C(F)(F)F)cc2)CC1. The van der Waals surface area contributed by atoms with E-state index in [1.807, 2.05) is 0 Å². The van der Waals surface area contributed by atoms with E-state index in [2.05, 4.69) is 15.6 Å². The standard InChI is InChI=1S/C19H27F3N4O2/c1-3-28-18(27)26-12-9-16(10-13-26)25-17(23-2)24-11-8-14-4-6-15(7-5-14)19(20,21)22/h4-7,16H,3,8-13H2,1-2H3,(H2,23,24,25). The van der Waals surface area contributed by atoms with Crippen molar-refractivity contribution in [3.8, 4) is 0 Å². The Labute approximate surface area is 163 Å². The molecule has 0 saturated carbocycles. The highest BCUT2D eigenvalue weighted by atomic mass is 19.4. The lowest BCUT2D eigenvalue weighted by atomic mass is 10.1. The number of carbonyl (C=O) groups is 1. The van der Waals surface area contributed by atoms with E-state index in [-0.39, 0.29) is 12.1 Å². The lowest BCUT2D eigenvalue weighted by Crippen LogP contribution is -2.50. The number of halogens is 3. The number of carbonyl (C=O) groups excluding carboxylic acids is 1. The second kappa shape index (κ2) is 10.2. The average Bonchev–Trinajstić information content (AvgIpc) is 2.67. The Morgan fingerprint density at radius 2 is 1.89 bits per heavy atom. The third-order valence-corrected chi connectivity index (χ3v) is 4.57. The van der Waals surface area contributed by atoms with Gasteiger partial charge in [-0.3, -0.25) is 4.99 Å². The second-order valence-corrected chi connectivity index (χ2v) is 6.55. The van der Waals surface area contributed by atoms with E-state index in [4.69, 9.17) is 4.74 Å². The van der Waals surface area contributed by atoms with Crippen LogP contribution in [-0.4, -0.2) is 56.3 Å². The molecule has 9 heteroatoms. The molecule has 6 nitrogen and oxygen atoms in total. The number of alkyl halides is 3. The number of nitrogens with zero attached hydrogens (tertiary/aromatic N) is 2. The maximum atomic E-state index is 12.6. The summed E-state index contributed by atoms with van der Waals surface area (Å²) >= 11 is 0. The van der Waals surface area contributed by atoms with Gasteiger partial charge in [0.05, 0.1) is 12.2 Å². The van der Waals surface area contributed by atoms with E-state index in [9.17, 15) is 18.0 Å². The number of piperidine rings is 1. The Hall–Kier alpha value is -2.45. The van der Waals surface area contributed by atoms with Crippen molar-refractivity contribution in [1.29, 1.82) is 0 Å². The largest absolute Gasteiger partial charge is 0.450 e. The minimum Gasteiger partial charge on any atom is -0.450 e. The number of hydrogen-bond donors (Lipinski definition) is 2. The van der Waals surface area contributed by atoms with Gasteiger partial charge in [-0.2, -0.15) is 13.2 Å². The van der Waals surface area contributed by atoms with Crippen LogP contribution >= 0.6 is 0 Å². The van der Waals surface area contributed by atoms with Crippen LogP contribution in [0.4, 0.5) is 18.0 Å². The highest BCUT2D eigenvalue weighted by Crippen LogP contribution is 2.29. The zero-order valence-corrected chi connectivity index (χ0v) is 16.2. The van der Waals surface area contributed by atoms with Crippen molar-refractivity contribution in [3.05, 3.63) is 35.4 Å². The molecule has 2 N–H and O–H groups in total. The molecule has 1 aliphatic heterocycles. The molecule has 0 unspecified atom stereocenters. The van der Waals surface area contributed by atoms with Crippen molar-refractivity contribution in [2.75, 3.05) is 33.3 Å². The molecular weight excluding hydrogens is 373 g/mol. The molecule has 1 aromatic carbocycles. The number of rotatable bonds is 5. The van der Waals surface area contributed by atoms with Crippen LogP contribution in [0.1, 0.15) is 30.9 Å². The van der Waals surface area contributed by atoms with Crippen molar-refractivity contribution in [2.45, 2.75) is 38.4 Å². The van der Waals surface area contributed by atoms with E-state index in [1.165, 1.54) is 12.1 Å². The van der Waals surface area contributed by atoms with Gasteiger partial charge in [0, 0.05) is 32.7 Å². The van der Waals surface area contributed by atoms with E-state index in [0.29, 0.717) is 38.6 Å². The number of guanidine groups is 1. The van der Waals surface area contributed by atoms with Crippen molar-refractivity contribution in [3.63, 3.8) is 0 Å². The molecule has 0 spiro atoms. The molecule has 1 aliphatic rings. The zero-order valence-electron chi connectivity index (χ0n) is 16.2. The molecule has 0 aliphatic carbocycles. The summed E-state index contributed by atoms with van der Waals surface area (Å²) in [4.78, 5) is 17.6. The van der Waals surface area contributed by atoms with Crippen LogP contribution < -0.4 is 10.6 Å². The molecule has 0 bridgehead atoms. The number of benzene rings is 1. The fourth-order valence-corrected chi connectivity index (χ4v) is 2.99. The summed E-state index contributed by atoms with van der Waals surface area (Å²) in [5.41, 5.74) is 0.176. The van der Waals surface area contributed by atoms with Crippen LogP contribution in [-0.2, 0) is 17.3 Å². The number of hydrogen-bond acceptors (Lipinski definition) is 3. The minimum absolute atomic E-state index is 0.197. The first kappa shape index (κ1) is 21.8. The highest BCUT2D eigenvalue weighted by Gasteiger charge is 2.29. The number of likely N-dealkylation sites (tertiary alicyclic amines) is 1. The Balaban J connectivity index is 1.73. The molecular formula is C19H27F3N4O2. The molecule has 0 radical (unpaired) electrons. The maximum absolute atomic E-state index is 12.6. The molecule has 0 atom stereocenters. The van der Waals surface area contributed by atoms with Gasteiger partial charge in [-0.25, -0.2) is 4.79 Å². The predicted octanol–water partition coefficient (Wildman–Crippen LogP) is 3.03. The van der Waals surface area contributed by atoms with E-state index in [0.717, 1.165) is 30.5 Å². The van der Waals surface area contributed by atoms with Crippen LogP contribution in [0.2, 0.25) is 0 Å². The molecule has 0 aromatic heterocycles. The zero-order chi connectivity index (χ0) is 20.6. The van der Waals surface area contributed by atoms with Crippen LogP contribution in [0.15, 0.2) is 29.3 Å². The third kappa shape index (κ3) is 6.61. The summed E-state index contributed by atoms with van der Waals surface area (Å²) < 4.78 is 42.8.